The molecule has 5 nitrogen and oxygen atoms in total. The molecule has 0 heterocycles. The Morgan fingerprint density at radius 3 is 2.40 bits per heavy atom. The molecule has 0 fully saturated rings. The van der Waals surface area contributed by atoms with Gasteiger partial charge in [0.25, 0.3) is 0 Å². The van der Waals surface area contributed by atoms with E-state index in [2.05, 4.69) is 10.6 Å². The molecule has 0 spiro atoms. The van der Waals surface area contributed by atoms with E-state index in [0.29, 0.717) is 18.2 Å². The molecular formula is C19H24ClN3O2. The average molecular weight is 362 g/mol. The molecule has 0 saturated heterocycles. The van der Waals surface area contributed by atoms with E-state index in [9.17, 15) is 4.79 Å². The minimum absolute atomic E-state index is 0.0232. The fourth-order valence-electron chi connectivity index (χ4n) is 2.08. The summed E-state index contributed by atoms with van der Waals surface area (Å²) in [6, 6.07) is 15.1. The molecule has 0 radical (unpaired) electrons. The maximum atomic E-state index is 11.7. The Morgan fingerprint density at radius 2 is 1.76 bits per heavy atom. The summed E-state index contributed by atoms with van der Waals surface area (Å²) in [7, 11) is 3.95. The van der Waals surface area contributed by atoms with Gasteiger partial charge >= 0.3 is 0 Å². The summed E-state index contributed by atoms with van der Waals surface area (Å²) in [6.45, 7) is 2.20. The number of amides is 1. The summed E-state index contributed by atoms with van der Waals surface area (Å²) in [5.74, 6) is 0.751. The highest BCUT2D eigenvalue weighted by atomic mass is 35.5. The van der Waals surface area contributed by atoms with E-state index in [-0.39, 0.29) is 12.5 Å². The summed E-state index contributed by atoms with van der Waals surface area (Å²) in [6.07, 6.45) is 0. The van der Waals surface area contributed by atoms with Crippen LogP contribution in [0.4, 0.5) is 5.69 Å². The van der Waals surface area contributed by atoms with Gasteiger partial charge in [-0.3, -0.25) is 4.79 Å². The normalized spacial score (nSPS) is 10.6. The van der Waals surface area contributed by atoms with Crippen LogP contribution in [0.2, 0.25) is 5.02 Å². The molecule has 2 aromatic carbocycles. The van der Waals surface area contributed by atoms with Gasteiger partial charge in [0.15, 0.2) is 0 Å². The monoisotopic (exact) mass is 361 g/mol. The van der Waals surface area contributed by atoms with Crippen LogP contribution in [0.5, 0.6) is 5.75 Å². The maximum Gasteiger partial charge on any atom is 0.239 e. The van der Waals surface area contributed by atoms with E-state index in [1.54, 1.807) is 0 Å². The quantitative estimate of drug-likeness (QED) is 0.721. The summed E-state index contributed by atoms with van der Waals surface area (Å²) in [5, 5.41) is 6.67. The fourth-order valence-corrected chi connectivity index (χ4v) is 2.21. The number of halogens is 1. The van der Waals surface area contributed by atoms with Crippen molar-refractivity contribution in [1.29, 1.82) is 0 Å². The zero-order chi connectivity index (χ0) is 18.1. The van der Waals surface area contributed by atoms with Crippen molar-refractivity contribution in [2.75, 3.05) is 39.0 Å². The highest BCUT2D eigenvalue weighted by Gasteiger charge is 2.02. The Balaban J connectivity index is 1.72. The Morgan fingerprint density at radius 1 is 1.08 bits per heavy atom. The Bertz CT molecular complexity index is 657. The first-order valence-electron chi connectivity index (χ1n) is 8.15. The molecule has 134 valence electrons. The zero-order valence-corrected chi connectivity index (χ0v) is 15.3. The van der Waals surface area contributed by atoms with E-state index in [1.807, 2.05) is 67.5 Å². The SMILES string of the molecule is CN(C)CCNC(=O)CNc1ccc(OCc2ccc(Cl)cc2)cc1. The lowest BCUT2D eigenvalue weighted by Crippen LogP contribution is -2.34. The molecule has 0 atom stereocenters. The van der Waals surface area contributed by atoms with Gasteiger partial charge < -0.3 is 20.3 Å². The van der Waals surface area contributed by atoms with E-state index < -0.39 is 0 Å². The van der Waals surface area contributed by atoms with Gasteiger partial charge in [0.2, 0.25) is 5.91 Å². The lowest BCUT2D eigenvalue weighted by Gasteiger charge is -2.11. The van der Waals surface area contributed by atoms with Gasteiger partial charge in [-0.05, 0) is 56.1 Å². The van der Waals surface area contributed by atoms with Crippen molar-refractivity contribution in [3.05, 3.63) is 59.1 Å². The number of rotatable bonds is 9. The number of carbonyl (C=O) groups is 1. The minimum atomic E-state index is -0.0232. The summed E-state index contributed by atoms with van der Waals surface area (Å²) in [5.41, 5.74) is 1.93. The molecule has 0 saturated carbocycles. The van der Waals surface area contributed by atoms with Crippen molar-refractivity contribution >= 4 is 23.2 Å². The molecule has 2 aromatic rings. The third-order valence-electron chi connectivity index (χ3n) is 3.51. The van der Waals surface area contributed by atoms with Crippen LogP contribution < -0.4 is 15.4 Å². The van der Waals surface area contributed by atoms with E-state index in [0.717, 1.165) is 23.5 Å². The third kappa shape index (κ3) is 7.45. The van der Waals surface area contributed by atoms with E-state index >= 15 is 0 Å². The summed E-state index contributed by atoms with van der Waals surface area (Å²) in [4.78, 5) is 13.7. The first-order valence-corrected chi connectivity index (χ1v) is 8.53. The van der Waals surface area contributed by atoms with Crippen LogP contribution in [-0.2, 0) is 11.4 Å². The van der Waals surface area contributed by atoms with Crippen molar-refractivity contribution in [3.63, 3.8) is 0 Å². The number of carbonyl (C=O) groups excluding carboxylic acids is 1. The molecule has 0 aromatic heterocycles. The number of hydrogen-bond donors (Lipinski definition) is 2. The van der Waals surface area contributed by atoms with Gasteiger partial charge in [0.1, 0.15) is 12.4 Å². The predicted octanol–water partition coefficient (Wildman–Crippen LogP) is 3.01. The first-order chi connectivity index (χ1) is 12.0. The smallest absolute Gasteiger partial charge is 0.239 e. The van der Waals surface area contributed by atoms with Crippen LogP contribution in [0, 0.1) is 0 Å². The number of nitrogens with one attached hydrogen (secondary N) is 2. The largest absolute Gasteiger partial charge is 0.489 e. The fraction of sp³-hybridized carbons (Fsp3) is 0.316. The van der Waals surface area contributed by atoms with Crippen molar-refractivity contribution < 1.29 is 9.53 Å². The van der Waals surface area contributed by atoms with Gasteiger partial charge in [-0.25, -0.2) is 0 Å². The molecule has 1 amide bonds. The van der Waals surface area contributed by atoms with Crippen LogP contribution >= 0.6 is 11.6 Å². The number of nitrogens with zero attached hydrogens (tertiary/aromatic N) is 1. The van der Waals surface area contributed by atoms with Crippen molar-refractivity contribution in [3.8, 4) is 5.75 Å². The minimum Gasteiger partial charge on any atom is -0.489 e. The van der Waals surface area contributed by atoms with Gasteiger partial charge in [-0.1, -0.05) is 23.7 Å². The molecule has 2 rings (SSSR count). The Labute approximate surface area is 153 Å². The molecule has 0 aliphatic carbocycles. The van der Waals surface area contributed by atoms with Crippen molar-refractivity contribution in [2.24, 2.45) is 0 Å². The third-order valence-corrected chi connectivity index (χ3v) is 3.76. The second-order valence-electron chi connectivity index (χ2n) is 5.95. The highest BCUT2D eigenvalue weighted by molar-refractivity contribution is 6.30. The Hall–Kier alpha value is -2.24. The number of anilines is 1. The molecule has 0 unspecified atom stereocenters. The standard InChI is InChI=1S/C19H24ClN3O2/c1-23(2)12-11-21-19(24)13-22-17-7-9-18(10-8-17)25-14-15-3-5-16(20)6-4-15/h3-10,22H,11-14H2,1-2H3,(H,21,24). The van der Waals surface area contributed by atoms with Crippen LogP contribution in [0.1, 0.15) is 5.56 Å². The summed E-state index contributed by atoms with van der Waals surface area (Å²) >= 11 is 5.86. The lowest BCUT2D eigenvalue weighted by atomic mass is 10.2. The highest BCUT2D eigenvalue weighted by Crippen LogP contribution is 2.17. The van der Waals surface area contributed by atoms with Crippen molar-refractivity contribution in [2.45, 2.75) is 6.61 Å². The molecule has 2 N–H and O–H groups in total. The number of ether oxygens (including phenoxy) is 1. The first kappa shape index (κ1) is 19.1. The van der Waals surface area contributed by atoms with Gasteiger partial charge in [-0.2, -0.15) is 0 Å². The van der Waals surface area contributed by atoms with Gasteiger partial charge in [-0.15, -0.1) is 0 Å². The number of likely N-dealkylation sites (N-methyl/N-ethyl adjacent to an activating group) is 1. The maximum absolute atomic E-state index is 11.7. The Kier molecular flexibility index (Phi) is 7.57. The zero-order valence-electron chi connectivity index (χ0n) is 14.6. The molecule has 0 aliphatic rings. The summed E-state index contributed by atoms with van der Waals surface area (Å²) < 4.78 is 5.73. The average Bonchev–Trinajstić information content (AvgIpc) is 2.60. The lowest BCUT2D eigenvalue weighted by molar-refractivity contribution is -0.119. The van der Waals surface area contributed by atoms with Crippen molar-refractivity contribution in [1.82, 2.24) is 10.2 Å². The molecule has 0 aliphatic heterocycles. The van der Waals surface area contributed by atoms with E-state index in [4.69, 9.17) is 16.3 Å². The molecular weight excluding hydrogens is 338 g/mol. The van der Waals surface area contributed by atoms with Crippen LogP contribution in [0.15, 0.2) is 48.5 Å². The molecule has 6 heteroatoms. The predicted molar refractivity (Wildman–Crippen MR) is 102 cm³/mol. The number of benzene rings is 2. The second kappa shape index (κ2) is 9.91. The van der Waals surface area contributed by atoms with Gasteiger partial charge in [0.05, 0.1) is 6.54 Å². The van der Waals surface area contributed by atoms with E-state index in [1.165, 1.54) is 0 Å². The number of hydrogen-bond acceptors (Lipinski definition) is 4. The van der Waals surface area contributed by atoms with Crippen LogP contribution in [0.3, 0.4) is 0 Å². The van der Waals surface area contributed by atoms with Crippen LogP contribution in [0.25, 0.3) is 0 Å². The molecule has 25 heavy (non-hydrogen) atoms. The topological polar surface area (TPSA) is 53.6 Å². The van der Waals surface area contributed by atoms with Crippen LogP contribution in [-0.4, -0.2) is 44.5 Å². The molecule has 0 bridgehead atoms. The van der Waals surface area contributed by atoms with Gasteiger partial charge in [0, 0.05) is 23.8 Å². The second-order valence-corrected chi connectivity index (χ2v) is 6.38.